The second-order valence-electron chi connectivity index (χ2n) is 6.28. The first-order valence-electron chi connectivity index (χ1n) is 8.77. The van der Waals surface area contributed by atoms with E-state index in [1.165, 1.54) is 18.2 Å². The largest absolute Gasteiger partial charge is 0.414 e. The fraction of sp³-hybridized carbons (Fsp3) is 0.200. The van der Waals surface area contributed by atoms with Gasteiger partial charge in [0, 0.05) is 5.69 Å². The normalized spacial score (nSPS) is 10.6. The molecule has 0 saturated heterocycles. The number of halogens is 1. The van der Waals surface area contributed by atoms with Gasteiger partial charge in [0.2, 0.25) is 11.8 Å². The molecule has 1 heterocycles. The number of carbonyl (C=O) groups excluding carboxylic acids is 2. The van der Waals surface area contributed by atoms with Gasteiger partial charge in [0.1, 0.15) is 5.82 Å². The number of thioether (sulfide) groups is 1. The molecule has 0 fully saturated rings. The number of amides is 2. The van der Waals surface area contributed by atoms with E-state index in [0.717, 1.165) is 28.6 Å². The van der Waals surface area contributed by atoms with E-state index in [1.807, 2.05) is 32.0 Å². The van der Waals surface area contributed by atoms with Crippen molar-refractivity contribution in [2.75, 3.05) is 11.1 Å². The number of nitrogens with one attached hydrogen (secondary N) is 2. The molecule has 2 N–H and O–H groups in total. The average Bonchev–Trinajstić information content (AvgIpc) is 3.16. The Morgan fingerprint density at radius 3 is 2.72 bits per heavy atom. The fourth-order valence-electron chi connectivity index (χ4n) is 2.45. The summed E-state index contributed by atoms with van der Waals surface area (Å²) in [6.07, 6.45) is 0. The van der Waals surface area contributed by atoms with Crippen molar-refractivity contribution in [1.82, 2.24) is 15.5 Å². The van der Waals surface area contributed by atoms with Crippen molar-refractivity contribution >= 4 is 29.3 Å². The zero-order valence-electron chi connectivity index (χ0n) is 15.9. The molecule has 9 heteroatoms. The topological polar surface area (TPSA) is 97.1 Å². The first-order valence-corrected chi connectivity index (χ1v) is 9.76. The summed E-state index contributed by atoms with van der Waals surface area (Å²) in [5.74, 6) is -1.13. The number of hydrogen-bond donors (Lipinski definition) is 2. The summed E-state index contributed by atoms with van der Waals surface area (Å²) in [4.78, 5) is 24.1. The number of aryl methyl sites for hydroxylation is 2. The molecule has 0 saturated carbocycles. The molecule has 3 aromatic rings. The molecule has 0 radical (unpaired) electrons. The van der Waals surface area contributed by atoms with Crippen LogP contribution in [0.3, 0.4) is 0 Å². The van der Waals surface area contributed by atoms with E-state index in [1.54, 1.807) is 6.07 Å². The van der Waals surface area contributed by atoms with Gasteiger partial charge in [0.25, 0.3) is 11.1 Å². The number of aromatic nitrogens is 2. The molecule has 150 valence electrons. The quantitative estimate of drug-likeness (QED) is 0.575. The molecule has 2 amide bonds. The maximum absolute atomic E-state index is 13.6. The summed E-state index contributed by atoms with van der Waals surface area (Å²) < 4.78 is 19.0. The van der Waals surface area contributed by atoms with Gasteiger partial charge in [-0.2, -0.15) is 0 Å². The highest BCUT2D eigenvalue weighted by Gasteiger charge is 2.14. The Morgan fingerprint density at radius 1 is 1.14 bits per heavy atom. The number of rotatable bonds is 7. The van der Waals surface area contributed by atoms with Crippen LogP contribution in [-0.2, 0) is 11.3 Å². The van der Waals surface area contributed by atoms with Crippen LogP contribution in [0, 0.1) is 19.7 Å². The Kier molecular flexibility index (Phi) is 6.61. The van der Waals surface area contributed by atoms with E-state index in [2.05, 4.69) is 20.8 Å². The molecule has 29 heavy (non-hydrogen) atoms. The molecule has 7 nitrogen and oxygen atoms in total. The van der Waals surface area contributed by atoms with Gasteiger partial charge in [-0.3, -0.25) is 9.59 Å². The highest BCUT2D eigenvalue weighted by Crippen LogP contribution is 2.19. The number of anilines is 1. The summed E-state index contributed by atoms with van der Waals surface area (Å²) in [7, 11) is 0. The van der Waals surface area contributed by atoms with E-state index in [9.17, 15) is 14.0 Å². The maximum Gasteiger partial charge on any atom is 0.277 e. The number of benzene rings is 2. The fourth-order valence-corrected chi connectivity index (χ4v) is 3.03. The third-order valence-electron chi connectivity index (χ3n) is 3.96. The average molecular weight is 414 g/mol. The van der Waals surface area contributed by atoms with Crippen LogP contribution in [0.2, 0.25) is 0 Å². The second kappa shape index (κ2) is 9.33. The lowest BCUT2D eigenvalue weighted by Gasteiger charge is -2.08. The van der Waals surface area contributed by atoms with Gasteiger partial charge in [-0.1, -0.05) is 36.0 Å². The number of nitrogens with zero attached hydrogens (tertiary/aromatic N) is 2. The minimum atomic E-state index is -0.610. The van der Waals surface area contributed by atoms with Crippen LogP contribution in [0.25, 0.3) is 0 Å². The van der Waals surface area contributed by atoms with Gasteiger partial charge < -0.3 is 15.1 Å². The van der Waals surface area contributed by atoms with Crippen molar-refractivity contribution in [3.8, 4) is 0 Å². The Morgan fingerprint density at radius 2 is 1.93 bits per heavy atom. The predicted molar refractivity (Wildman–Crippen MR) is 107 cm³/mol. The molecule has 0 aliphatic carbocycles. The highest BCUT2D eigenvalue weighted by molar-refractivity contribution is 7.99. The Bertz CT molecular complexity index is 1040. The van der Waals surface area contributed by atoms with E-state index in [0.29, 0.717) is 0 Å². The van der Waals surface area contributed by atoms with Crippen LogP contribution >= 0.6 is 11.8 Å². The molecule has 0 unspecified atom stereocenters. The van der Waals surface area contributed by atoms with Gasteiger partial charge in [0.05, 0.1) is 17.9 Å². The first-order chi connectivity index (χ1) is 13.9. The molecule has 1 aromatic heterocycles. The van der Waals surface area contributed by atoms with Gasteiger partial charge >= 0.3 is 0 Å². The van der Waals surface area contributed by atoms with E-state index in [-0.39, 0.29) is 34.9 Å². The van der Waals surface area contributed by atoms with Crippen LogP contribution in [0.1, 0.15) is 27.4 Å². The molecular formula is C20H19FN4O3S. The summed E-state index contributed by atoms with van der Waals surface area (Å²) in [5, 5.41) is 13.2. The van der Waals surface area contributed by atoms with Crippen molar-refractivity contribution in [2.24, 2.45) is 0 Å². The molecule has 0 atom stereocenters. The highest BCUT2D eigenvalue weighted by atomic mass is 32.2. The summed E-state index contributed by atoms with van der Waals surface area (Å²) >= 11 is 1.09. The van der Waals surface area contributed by atoms with Gasteiger partial charge in [-0.05, 0) is 43.2 Å². The first kappa shape index (κ1) is 20.5. The van der Waals surface area contributed by atoms with Crippen LogP contribution < -0.4 is 10.6 Å². The minimum Gasteiger partial charge on any atom is -0.414 e. The monoisotopic (exact) mass is 414 g/mol. The van der Waals surface area contributed by atoms with Gasteiger partial charge in [0.15, 0.2) is 0 Å². The molecule has 0 bridgehead atoms. The zero-order chi connectivity index (χ0) is 20.8. The Labute approximate surface area is 171 Å². The molecular weight excluding hydrogens is 395 g/mol. The molecule has 3 rings (SSSR count). The van der Waals surface area contributed by atoms with Crippen LogP contribution in [0.4, 0.5) is 10.1 Å². The van der Waals surface area contributed by atoms with E-state index >= 15 is 0 Å². The van der Waals surface area contributed by atoms with Crippen molar-refractivity contribution in [3.05, 3.63) is 70.9 Å². The summed E-state index contributed by atoms with van der Waals surface area (Å²) in [5.41, 5.74) is 2.72. The van der Waals surface area contributed by atoms with Crippen molar-refractivity contribution < 1.29 is 18.4 Å². The molecule has 0 spiro atoms. The smallest absolute Gasteiger partial charge is 0.277 e. The number of carbonyl (C=O) groups is 2. The van der Waals surface area contributed by atoms with Crippen LogP contribution in [-0.4, -0.2) is 27.8 Å². The Balaban J connectivity index is 1.49. The molecule has 0 aliphatic heterocycles. The van der Waals surface area contributed by atoms with Gasteiger partial charge in [-0.25, -0.2) is 4.39 Å². The minimum absolute atomic E-state index is 0.0462. The maximum atomic E-state index is 13.6. The molecule has 0 aliphatic rings. The SMILES string of the molecule is Cc1ccc(C)c(NC(=O)CSc2nnc(CNC(=O)c3ccccc3F)o2)c1. The van der Waals surface area contributed by atoms with E-state index in [4.69, 9.17) is 4.42 Å². The lowest BCUT2D eigenvalue weighted by Crippen LogP contribution is -2.23. The number of hydrogen-bond acceptors (Lipinski definition) is 6. The Hall–Kier alpha value is -3.20. The second-order valence-corrected chi connectivity index (χ2v) is 7.21. The summed E-state index contributed by atoms with van der Waals surface area (Å²) in [6, 6.07) is 11.5. The van der Waals surface area contributed by atoms with Crippen molar-refractivity contribution in [3.63, 3.8) is 0 Å². The zero-order valence-corrected chi connectivity index (χ0v) is 16.7. The van der Waals surface area contributed by atoms with Crippen molar-refractivity contribution in [1.29, 1.82) is 0 Å². The van der Waals surface area contributed by atoms with Crippen LogP contribution in [0.15, 0.2) is 52.1 Å². The third-order valence-corrected chi connectivity index (χ3v) is 4.78. The summed E-state index contributed by atoms with van der Waals surface area (Å²) in [6.45, 7) is 3.83. The van der Waals surface area contributed by atoms with E-state index < -0.39 is 11.7 Å². The standard InChI is InChI=1S/C20H19FN4O3S/c1-12-7-8-13(2)16(9-12)23-17(26)11-29-20-25-24-18(28-20)10-22-19(27)14-5-3-4-6-15(14)21/h3-9H,10-11H2,1-2H3,(H,22,27)(H,23,26). The van der Waals surface area contributed by atoms with Crippen molar-refractivity contribution in [2.45, 2.75) is 25.6 Å². The van der Waals surface area contributed by atoms with Crippen LogP contribution in [0.5, 0.6) is 0 Å². The van der Waals surface area contributed by atoms with Gasteiger partial charge in [-0.15, -0.1) is 10.2 Å². The predicted octanol–water partition coefficient (Wildman–Crippen LogP) is 3.49. The molecule has 2 aromatic carbocycles. The lowest BCUT2D eigenvalue weighted by atomic mass is 10.1. The third kappa shape index (κ3) is 5.64. The lowest BCUT2D eigenvalue weighted by molar-refractivity contribution is -0.113.